The van der Waals surface area contributed by atoms with Gasteiger partial charge in [-0.1, -0.05) is 24.3 Å². The first kappa shape index (κ1) is 17.5. The van der Waals surface area contributed by atoms with E-state index in [2.05, 4.69) is 16.3 Å². The Balaban J connectivity index is 1.69. The molecule has 1 saturated heterocycles. The van der Waals surface area contributed by atoms with Gasteiger partial charge in [-0.15, -0.1) is 0 Å². The van der Waals surface area contributed by atoms with Crippen LogP contribution < -0.4 is 10.1 Å². The second-order valence-electron chi connectivity index (χ2n) is 5.97. The van der Waals surface area contributed by atoms with Crippen LogP contribution in [0.3, 0.4) is 0 Å². The van der Waals surface area contributed by atoms with Crippen LogP contribution in [-0.2, 0) is 11.3 Å². The minimum atomic E-state index is -0.129. The van der Waals surface area contributed by atoms with Gasteiger partial charge in [-0.25, -0.2) is 0 Å². The molecule has 1 fully saturated rings. The Morgan fingerprint density at radius 3 is 2.76 bits per heavy atom. The molecule has 1 aliphatic heterocycles. The lowest BCUT2D eigenvalue weighted by atomic mass is 10.1. The predicted molar refractivity (Wildman–Crippen MR) is 98.1 cm³/mol. The van der Waals surface area contributed by atoms with E-state index in [4.69, 9.17) is 9.47 Å². The molecule has 0 unspecified atom stereocenters. The van der Waals surface area contributed by atoms with E-state index >= 15 is 0 Å². The summed E-state index contributed by atoms with van der Waals surface area (Å²) in [6, 6.07) is 15.3. The highest BCUT2D eigenvalue weighted by Crippen LogP contribution is 2.24. The van der Waals surface area contributed by atoms with Gasteiger partial charge < -0.3 is 14.8 Å². The number of hydrogen-bond donors (Lipinski definition) is 1. The largest absolute Gasteiger partial charge is 0.492 e. The molecule has 0 radical (unpaired) electrons. The van der Waals surface area contributed by atoms with Crippen molar-refractivity contribution < 1.29 is 14.3 Å². The highest BCUT2D eigenvalue weighted by Gasteiger charge is 2.13. The fourth-order valence-electron chi connectivity index (χ4n) is 2.87. The second-order valence-corrected chi connectivity index (χ2v) is 5.97. The van der Waals surface area contributed by atoms with Crippen molar-refractivity contribution in [3.63, 3.8) is 0 Å². The van der Waals surface area contributed by atoms with Gasteiger partial charge in [0, 0.05) is 25.2 Å². The smallest absolute Gasteiger partial charge is 0.255 e. The van der Waals surface area contributed by atoms with Gasteiger partial charge in [-0.2, -0.15) is 0 Å². The van der Waals surface area contributed by atoms with E-state index in [1.165, 1.54) is 0 Å². The van der Waals surface area contributed by atoms with Crippen LogP contribution in [0.15, 0.2) is 48.5 Å². The molecular weight excluding hydrogens is 316 g/mol. The maximum atomic E-state index is 12.6. The molecule has 3 rings (SSSR count). The van der Waals surface area contributed by atoms with E-state index in [1.807, 2.05) is 49.4 Å². The lowest BCUT2D eigenvalue weighted by molar-refractivity contribution is 0.0342. The Kier molecular flexibility index (Phi) is 6.04. The van der Waals surface area contributed by atoms with Gasteiger partial charge in [0.2, 0.25) is 0 Å². The Hall–Kier alpha value is -2.37. The SMILES string of the molecule is CCOc1ccccc1NC(=O)c1cccc(CN2CCOCC2)c1. The Morgan fingerprint density at radius 1 is 1.16 bits per heavy atom. The molecule has 1 amide bonds. The normalized spacial score (nSPS) is 14.9. The number of ether oxygens (including phenoxy) is 2. The van der Waals surface area contributed by atoms with Gasteiger partial charge in [0.05, 0.1) is 25.5 Å². The summed E-state index contributed by atoms with van der Waals surface area (Å²) in [4.78, 5) is 15.0. The molecule has 0 bridgehead atoms. The lowest BCUT2D eigenvalue weighted by Crippen LogP contribution is -2.35. The van der Waals surface area contributed by atoms with Crippen molar-refractivity contribution in [2.24, 2.45) is 0 Å². The highest BCUT2D eigenvalue weighted by atomic mass is 16.5. The van der Waals surface area contributed by atoms with Gasteiger partial charge >= 0.3 is 0 Å². The van der Waals surface area contributed by atoms with Crippen molar-refractivity contribution in [3.05, 3.63) is 59.7 Å². The summed E-state index contributed by atoms with van der Waals surface area (Å²) in [7, 11) is 0. The average molecular weight is 340 g/mol. The summed E-state index contributed by atoms with van der Waals surface area (Å²) in [5.74, 6) is 0.554. The lowest BCUT2D eigenvalue weighted by Gasteiger charge is -2.26. The number of rotatable bonds is 6. The predicted octanol–water partition coefficient (Wildman–Crippen LogP) is 3.17. The number of amides is 1. The zero-order valence-corrected chi connectivity index (χ0v) is 14.5. The van der Waals surface area contributed by atoms with Crippen molar-refractivity contribution in [1.29, 1.82) is 0 Å². The fourth-order valence-corrected chi connectivity index (χ4v) is 2.87. The molecule has 0 aromatic heterocycles. The molecule has 2 aromatic carbocycles. The van der Waals surface area contributed by atoms with E-state index in [0.29, 0.717) is 23.6 Å². The number of hydrogen-bond acceptors (Lipinski definition) is 4. The van der Waals surface area contributed by atoms with E-state index in [0.717, 1.165) is 38.4 Å². The quantitative estimate of drug-likeness (QED) is 0.877. The molecule has 0 aliphatic carbocycles. The third kappa shape index (κ3) is 4.81. The fraction of sp³-hybridized carbons (Fsp3) is 0.350. The van der Waals surface area contributed by atoms with Crippen molar-refractivity contribution in [3.8, 4) is 5.75 Å². The second kappa shape index (κ2) is 8.65. The topological polar surface area (TPSA) is 50.8 Å². The first-order valence-electron chi connectivity index (χ1n) is 8.68. The molecule has 2 aromatic rings. The van der Waals surface area contributed by atoms with Gasteiger partial charge in [-0.3, -0.25) is 9.69 Å². The van der Waals surface area contributed by atoms with Gasteiger partial charge in [-0.05, 0) is 36.8 Å². The van der Waals surface area contributed by atoms with Crippen LogP contribution in [0.4, 0.5) is 5.69 Å². The maximum absolute atomic E-state index is 12.6. The maximum Gasteiger partial charge on any atom is 0.255 e. The van der Waals surface area contributed by atoms with E-state index in [1.54, 1.807) is 0 Å². The van der Waals surface area contributed by atoms with Crippen LogP contribution in [0.25, 0.3) is 0 Å². The van der Waals surface area contributed by atoms with E-state index < -0.39 is 0 Å². The average Bonchev–Trinajstić information content (AvgIpc) is 2.64. The number of morpholine rings is 1. The van der Waals surface area contributed by atoms with E-state index in [-0.39, 0.29) is 5.91 Å². The number of nitrogens with zero attached hydrogens (tertiary/aromatic N) is 1. The molecule has 0 saturated carbocycles. The highest BCUT2D eigenvalue weighted by molar-refractivity contribution is 6.05. The molecule has 25 heavy (non-hydrogen) atoms. The van der Waals surface area contributed by atoms with Crippen molar-refractivity contribution in [2.45, 2.75) is 13.5 Å². The van der Waals surface area contributed by atoms with Gasteiger partial charge in [0.25, 0.3) is 5.91 Å². The minimum Gasteiger partial charge on any atom is -0.492 e. The molecule has 5 nitrogen and oxygen atoms in total. The van der Waals surface area contributed by atoms with Gasteiger partial charge in [0.1, 0.15) is 5.75 Å². The van der Waals surface area contributed by atoms with Crippen LogP contribution in [0.2, 0.25) is 0 Å². The Bertz CT molecular complexity index is 712. The molecule has 1 aliphatic rings. The van der Waals surface area contributed by atoms with Crippen molar-refractivity contribution >= 4 is 11.6 Å². The Morgan fingerprint density at radius 2 is 1.96 bits per heavy atom. The summed E-state index contributed by atoms with van der Waals surface area (Å²) in [5, 5.41) is 2.94. The van der Waals surface area contributed by atoms with Crippen molar-refractivity contribution in [2.75, 3.05) is 38.2 Å². The zero-order valence-electron chi connectivity index (χ0n) is 14.5. The summed E-state index contributed by atoms with van der Waals surface area (Å²) in [6.07, 6.45) is 0. The number of para-hydroxylation sites is 2. The van der Waals surface area contributed by atoms with Crippen LogP contribution in [0.1, 0.15) is 22.8 Å². The van der Waals surface area contributed by atoms with Gasteiger partial charge in [0.15, 0.2) is 0 Å². The molecule has 0 atom stereocenters. The number of nitrogens with one attached hydrogen (secondary N) is 1. The molecule has 132 valence electrons. The van der Waals surface area contributed by atoms with Crippen LogP contribution in [0.5, 0.6) is 5.75 Å². The zero-order chi connectivity index (χ0) is 17.5. The summed E-state index contributed by atoms with van der Waals surface area (Å²) < 4.78 is 10.9. The monoisotopic (exact) mass is 340 g/mol. The van der Waals surface area contributed by atoms with Crippen molar-refractivity contribution in [1.82, 2.24) is 4.90 Å². The molecule has 5 heteroatoms. The number of anilines is 1. The minimum absolute atomic E-state index is 0.129. The standard InChI is InChI=1S/C20H24N2O3/c1-2-25-19-9-4-3-8-18(19)21-20(23)17-7-5-6-16(14-17)15-22-10-12-24-13-11-22/h3-9,14H,2,10-13,15H2,1H3,(H,21,23). The number of carbonyl (C=O) groups excluding carboxylic acids is 1. The molecule has 1 N–H and O–H groups in total. The first-order valence-corrected chi connectivity index (χ1v) is 8.68. The van der Waals surface area contributed by atoms with Crippen LogP contribution in [0, 0.1) is 0 Å². The van der Waals surface area contributed by atoms with Crippen LogP contribution in [-0.4, -0.2) is 43.7 Å². The third-order valence-electron chi connectivity index (χ3n) is 4.13. The Labute approximate surface area is 148 Å². The number of carbonyl (C=O) groups is 1. The summed E-state index contributed by atoms with van der Waals surface area (Å²) in [6.45, 7) is 6.72. The third-order valence-corrected chi connectivity index (χ3v) is 4.13. The van der Waals surface area contributed by atoms with E-state index in [9.17, 15) is 4.79 Å². The number of benzene rings is 2. The first-order chi connectivity index (χ1) is 12.3. The molecule has 0 spiro atoms. The summed E-state index contributed by atoms with van der Waals surface area (Å²) >= 11 is 0. The molecule has 1 heterocycles. The summed E-state index contributed by atoms with van der Waals surface area (Å²) in [5.41, 5.74) is 2.47. The van der Waals surface area contributed by atoms with Crippen LogP contribution >= 0.6 is 0 Å². The molecular formula is C20H24N2O3.